The van der Waals surface area contributed by atoms with E-state index in [0.29, 0.717) is 0 Å². The summed E-state index contributed by atoms with van der Waals surface area (Å²) < 4.78 is 1.35. The van der Waals surface area contributed by atoms with Gasteiger partial charge >= 0.3 is 0 Å². The van der Waals surface area contributed by atoms with Crippen molar-refractivity contribution in [3.8, 4) is 0 Å². The normalized spacial score (nSPS) is 9.90. The van der Waals surface area contributed by atoms with Gasteiger partial charge in [0.2, 0.25) is 5.28 Å². The molecule has 1 aromatic heterocycles. The largest absolute Gasteiger partial charge is 0.291 e. The van der Waals surface area contributed by atoms with E-state index in [1.54, 1.807) is 7.05 Å². The van der Waals surface area contributed by atoms with Crippen LogP contribution in [0.5, 0.6) is 0 Å². The van der Waals surface area contributed by atoms with Gasteiger partial charge in [0.05, 0.1) is 0 Å². The van der Waals surface area contributed by atoms with Crippen LogP contribution in [0.3, 0.4) is 0 Å². The van der Waals surface area contributed by atoms with Crippen molar-refractivity contribution < 1.29 is 4.79 Å². The Balaban J connectivity index is 3.15. The molecule has 0 aliphatic heterocycles. The van der Waals surface area contributed by atoms with Gasteiger partial charge in [-0.2, -0.15) is 4.98 Å². The summed E-state index contributed by atoms with van der Waals surface area (Å²) >= 11 is 5.41. The number of Topliss-reactive ketones (excluding diaryl/α,β-unsaturated/α-hetero) is 1. The average Bonchev–Trinajstić information content (AvgIpc) is 2.10. The molecule has 0 spiro atoms. The molecule has 1 aromatic rings. The van der Waals surface area contributed by atoms with Crippen molar-refractivity contribution in [2.24, 2.45) is 7.05 Å². The molecule has 0 bridgehead atoms. The van der Waals surface area contributed by atoms with E-state index in [2.05, 4.69) is 10.1 Å². The number of ketones is 1. The first-order chi connectivity index (χ1) is 4.61. The molecule has 1 heterocycles. The smallest absolute Gasteiger partial charge is 0.242 e. The predicted molar refractivity (Wildman–Crippen MR) is 36.0 cm³/mol. The number of rotatable bonds is 1. The standard InChI is InChI=1S/C5H6ClN3O/c1-3(10)4-7-5(6)8-9(4)2/h1-2H3. The molecule has 0 fully saturated rings. The minimum Gasteiger partial charge on any atom is -0.291 e. The average molecular weight is 160 g/mol. The SMILES string of the molecule is CC(=O)c1nc(Cl)nn1C. The van der Waals surface area contributed by atoms with E-state index < -0.39 is 0 Å². The van der Waals surface area contributed by atoms with E-state index in [1.165, 1.54) is 11.6 Å². The zero-order chi connectivity index (χ0) is 7.72. The lowest BCUT2D eigenvalue weighted by Crippen LogP contribution is -2.03. The van der Waals surface area contributed by atoms with Crippen molar-refractivity contribution >= 4 is 17.4 Å². The lowest BCUT2D eigenvalue weighted by molar-refractivity contribution is 0.0999. The number of aryl methyl sites for hydroxylation is 1. The summed E-state index contributed by atoms with van der Waals surface area (Å²) in [5.74, 6) is 0.145. The van der Waals surface area contributed by atoms with Gasteiger partial charge in [0.1, 0.15) is 0 Å². The van der Waals surface area contributed by atoms with Gasteiger partial charge in [0.15, 0.2) is 11.6 Å². The van der Waals surface area contributed by atoms with E-state index in [4.69, 9.17) is 11.6 Å². The van der Waals surface area contributed by atoms with Crippen LogP contribution in [0.4, 0.5) is 0 Å². The minimum absolute atomic E-state index is 0.104. The van der Waals surface area contributed by atoms with E-state index in [1.807, 2.05) is 0 Å². The van der Waals surface area contributed by atoms with E-state index in [0.717, 1.165) is 0 Å². The van der Waals surface area contributed by atoms with Crippen LogP contribution in [0.25, 0.3) is 0 Å². The Labute approximate surface area is 62.8 Å². The number of carbonyl (C=O) groups excluding carboxylic acids is 1. The quantitative estimate of drug-likeness (QED) is 0.566. The number of aromatic nitrogens is 3. The summed E-state index contributed by atoms with van der Waals surface area (Å²) in [6.45, 7) is 1.42. The fourth-order valence-corrected chi connectivity index (χ4v) is 0.853. The highest BCUT2D eigenvalue weighted by Crippen LogP contribution is 2.01. The van der Waals surface area contributed by atoms with Crippen LogP contribution in [0.1, 0.15) is 17.5 Å². The van der Waals surface area contributed by atoms with Crippen LogP contribution in [0, 0.1) is 0 Å². The van der Waals surface area contributed by atoms with Crippen molar-refractivity contribution in [2.45, 2.75) is 6.92 Å². The molecular formula is C5H6ClN3O. The summed E-state index contributed by atoms with van der Waals surface area (Å²) in [5.41, 5.74) is 0. The van der Waals surface area contributed by atoms with Crippen molar-refractivity contribution in [2.75, 3.05) is 0 Å². The zero-order valence-electron chi connectivity index (χ0n) is 5.63. The molecular weight excluding hydrogens is 154 g/mol. The molecule has 0 radical (unpaired) electrons. The van der Waals surface area contributed by atoms with Crippen molar-refractivity contribution in [1.82, 2.24) is 14.8 Å². The molecule has 0 saturated carbocycles. The lowest BCUT2D eigenvalue weighted by atomic mass is 10.4. The molecule has 1 rings (SSSR count). The Hall–Kier alpha value is -0.900. The zero-order valence-corrected chi connectivity index (χ0v) is 6.38. The maximum absolute atomic E-state index is 10.7. The first kappa shape index (κ1) is 7.21. The second-order valence-electron chi connectivity index (χ2n) is 1.88. The minimum atomic E-state index is -0.137. The topological polar surface area (TPSA) is 47.8 Å². The summed E-state index contributed by atoms with van der Waals surface area (Å²) in [6.07, 6.45) is 0. The maximum Gasteiger partial charge on any atom is 0.242 e. The number of hydrogen-bond donors (Lipinski definition) is 0. The highest BCUT2D eigenvalue weighted by Gasteiger charge is 2.08. The Bertz CT molecular complexity index is 268. The summed E-state index contributed by atoms with van der Waals surface area (Å²) in [5, 5.41) is 3.79. The van der Waals surface area contributed by atoms with Crippen LogP contribution in [-0.4, -0.2) is 20.5 Å². The molecule has 54 valence electrons. The van der Waals surface area contributed by atoms with Gasteiger partial charge < -0.3 is 0 Å². The highest BCUT2D eigenvalue weighted by molar-refractivity contribution is 6.28. The molecule has 0 atom stereocenters. The Morgan fingerprint density at radius 3 is 2.50 bits per heavy atom. The van der Waals surface area contributed by atoms with Crippen LogP contribution in [-0.2, 0) is 7.05 Å². The van der Waals surface area contributed by atoms with Crippen molar-refractivity contribution in [1.29, 1.82) is 0 Å². The molecule has 5 heteroatoms. The molecule has 0 aliphatic carbocycles. The van der Waals surface area contributed by atoms with Gasteiger partial charge in [-0.15, -0.1) is 5.10 Å². The summed E-state index contributed by atoms with van der Waals surface area (Å²) in [4.78, 5) is 14.4. The number of carbonyl (C=O) groups is 1. The molecule has 4 nitrogen and oxygen atoms in total. The van der Waals surface area contributed by atoms with E-state index in [9.17, 15) is 4.79 Å². The van der Waals surface area contributed by atoms with Crippen LogP contribution < -0.4 is 0 Å². The van der Waals surface area contributed by atoms with E-state index in [-0.39, 0.29) is 16.9 Å². The van der Waals surface area contributed by atoms with Gasteiger partial charge in [-0.25, -0.2) is 4.68 Å². The molecule has 0 aliphatic rings. The molecule has 0 N–H and O–H groups in total. The van der Waals surface area contributed by atoms with Gasteiger partial charge in [-0.05, 0) is 11.6 Å². The van der Waals surface area contributed by atoms with Gasteiger partial charge in [0, 0.05) is 14.0 Å². The molecule has 0 unspecified atom stereocenters. The fourth-order valence-electron chi connectivity index (χ4n) is 0.660. The maximum atomic E-state index is 10.7. The number of hydrogen-bond acceptors (Lipinski definition) is 3. The molecule has 0 amide bonds. The van der Waals surface area contributed by atoms with Crippen LogP contribution in [0.15, 0.2) is 0 Å². The number of nitrogens with zero attached hydrogens (tertiary/aromatic N) is 3. The third kappa shape index (κ3) is 1.16. The monoisotopic (exact) mass is 159 g/mol. The first-order valence-electron chi connectivity index (χ1n) is 2.68. The lowest BCUT2D eigenvalue weighted by Gasteiger charge is -1.89. The highest BCUT2D eigenvalue weighted by atomic mass is 35.5. The van der Waals surface area contributed by atoms with Crippen molar-refractivity contribution in [3.63, 3.8) is 0 Å². The molecule has 10 heavy (non-hydrogen) atoms. The number of halogens is 1. The Morgan fingerprint density at radius 2 is 2.30 bits per heavy atom. The summed E-state index contributed by atoms with van der Waals surface area (Å²) in [6, 6.07) is 0. The predicted octanol–water partition coefficient (Wildman–Crippen LogP) is 0.671. The van der Waals surface area contributed by atoms with E-state index >= 15 is 0 Å². The summed E-state index contributed by atoms with van der Waals surface area (Å²) in [7, 11) is 1.62. The fraction of sp³-hybridized carbons (Fsp3) is 0.400. The van der Waals surface area contributed by atoms with Gasteiger partial charge in [-0.1, -0.05) is 0 Å². The van der Waals surface area contributed by atoms with Gasteiger partial charge in [-0.3, -0.25) is 4.79 Å². The molecule has 0 saturated heterocycles. The van der Waals surface area contributed by atoms with Crippen LogP contribution >= 0.6 is 11.6 Å². The van der Waals surface area contributed by atoms with Crippen molar-refractivity contribution in [3.05, 3.63) is 11.1 Å². The third-order valence-electron chi connectivity index (χ3n) is 1.05. The van der Waals surface area contributed by atoms with Crippen LogP contribution in [0.2, 0.25) is 5.28 Å². The third-order valence-corrected chi connectivity index (χ3v) is 1.21. The Morgan fingerprint density at radius 1 is 1.70 bits per heavy atom. The van der Waals surface area contributed by atoms with Gasteiger partial charge in [0.25, 0.3) is 0 Å². The Kier molecular flexibility index (Phi) is 1.72. The first-order valence-corrected chi connectivity index (χ1v) is 3.06. The second kappa shape index (κ2) is 2.38. The second-order valence-corrected chi connectivity index (χ2v) is 2.22. The molecule has 0 aromatic carbocycles.